The zero-order valence-electron chi connectivity index (χ0n) is 17.3. The smallest absolute Gasteiger partial charge is 0.0802 e. The van der Waals surface area contributed by atoms with Gasteiger partial charge in [-0.1, -0.05) is 28.1 Å². The first-order valence-electron chi connectivity index (χ1n) is 10.4. The fourth-order valence-corrected chi connectivity index (χ4v) is 5.84. The van der Waals surface area contributed by atoms with Crippen LogP contribution in [0, 0.1) is 0 Å². The molecule has 0 radical (unpaired) electrons. The third kappa shape index (κ3) is 3.96. The number of H-pyrrole nitrogens is 2. The summed E-state index contributed by atoms with van der Waals surface area (Å²) in [4.78, 5) is 16.7. The van der Waals surface area contributed by atoms with Gasteiger partial charge >= 0.3 is 0 Å². The van der Waals surface area contributed by atoms with Crippen LogP contribution in [0.15, 0.2) is 66.4 Å². The second kappa shape index (κ2) is 8.75. The Morgan fingerprint density at radius 2 is 1.26 bits per heavy atom. The highest BCUT2D eigenvalue weighted by Gasteiger charge is 2.15. The number of aromatic nitrogens is 4. The van der Waals surface area contributed by atoms with Crippen molar-refractivity contribution in [2.45, 2.75) is 0 Å². The van der Waals surface area contributed by atoms with Crippen LogP contribution >= 0.6 is 63.7 Å². The van der Waals surface area contributed by atoms with Gasteiger partial charge in [0.2, 0.25) is 0 Å². The van der Waals surface area contributed by atoms with E-state index in [1.165, 1.54) is 0 Å². The Labute approximate surface area is 228 Å². The number of halogens is 4. The molecule has 4 aromatic rings. The van der Waals surface area contributed by atoms with E-state index in [0.717, 1.165) is 73.9 Å². The van der Waals surface area contributed by atoms with E-state index in [1.807, 2.05) is 42.5 Å². The average Bonchev–Trinajstić information content (AvgIpc) is 3.64. The number of nitrogens with zero attached hydrogens (tertiary/aromatic N) is 2. The fraction of sp³-hybridized carbons (Fsp3) is 0. The van der Waals surface area contributed by atoms with Crippen LogP contribution in [0.3, 0.4) is 0 Å². The molecule has 166 valence electrons. The lowest BCUT2D eigenvalue weighted by atomic mass is 10.1. The van der Waals surface area contributed by atoms with Gasteiger partial charge < -0.3 is 9.97 Å². The van der Waals surface area contributed by atoms with Crippen molar-refractivity contribution in [3.8, 4) is 11.1 Å². The minimum atomic E-state index is 0.823. The van der Waals surface area contributed by atoms with Gasteiger partial charge in [-0.3, -0.25) is 0 Å². The molecule has 0 spiro atoms. The third-order valence-electron chi connectivity index (χ3n) is 5.63. The van der Waals surface area contributed by atoms with Gasteiger partial charge in [-0.25, -0.2) is 9.97 Å². The molecule has 0 aliphatic carbocycles. The highest BCUT2D eigenvalue weighted by Crippen LogP contribution is 2.36. The van der Waals surface area contributed by atoms with E-state index in [-0.39, 0.29) is 0 Å². The standard InChI is InChI=1S/C26H14Br4N4/c27-14-3-1-2-13(10-14)17-12-16-11-15-4-5-18(31-15)23(28)19-6-7-20(33-19)24(29)21-8-9-22(34-21)25(30)26(17)32-16/h1-12,31-32H. The van der Waals surface area contributed by atoms with Crippen LogP contribution in [0.1, 0.15) is 22.8 Å². The summed E-state index contributed by atoms with van der Waals surface area (Å²) in [6.45, 7) is 0. The summed E-state index contributed by atoms with van der Waals surface area (Å²) in [5.74, 6) is 0. The molecule has 8 heteroatoms. The van der Waals surface area contributed by atoms with E-state index in [9.17, 15) is 0 Å². The Morgan fingerprint density at radius 1 is 0.588 bits per heavy atom. The number of nitrogens with one attached hydrogen (secondary N) is 2. The molecule has 5 heterocycles. The third-order valence-corrected chi connectivity index (χ3v) is 8.57. The first kappa shape index (κ1) is 22.2. The highest BCUT2D eigenvalue weighted by molar-refractivity contribution is 9.11. The molecule has 0 fully saturated rings. The van der Waals surface area contributed by atoms with Crippen molar-refractivity contribution in [3.05, 3.63) is 89.2 Å². The molecular formula is C26H14Br4N4. The lowest BCUT2D eigenvalue weighted by Gasteiger charge is -2.01. The maximum atomic E-state index is 4.88. The second-order valence-corrected chi connectivity index (χ2v) is 11.2. The summed E-state index contributed by atoms with van der Waals surface area (Å²) < 4.78 is 3.66. The van der Waals surface area contributed by atoms with Gasteiger partial charge in [0.25, 0.3) is 0 Å². The summed E-state index contributed by atoms with van der Waals surface area (Å²) in [6.07, 6.45) is 7.99. The molecule has 1 aromatic carbocycles. The van der Waals surface area contributed by atoms with Gasteiger partial charge in [0.15, 0.2) is 0 Å². The van der Waals surface area contributed by atoms with Crippen LogP contribution in [-0.2, 0) is 0 Å². The minimum absolute atomic E-state index is 0.823. The average molecular weight is 702 g/mol. The van der Waals surface area contributed by atoms with Crippen LogP contribution in [0.25, 0.3) is 57.5 Å². The van der Waals surface area contributed by atoms with Crippen LogP contribution in [0.4, 0.5) is 0 Å². The van der Waals surface area contributed by atoms with Crippen LogP contribution in [0.2, 0.25) is 0 Å². The van der Waals surface area contributed by atoms with Gasteiger partial charge in [-0.2, -0.15) is 0 Å². The fourth-order valence-electron chi connectivity index (χ4n) is 4.01. The topological polar surface area (TPSA) is 57.4 Å². The first-order valence-corrected chi connectivity index (χ1v) is 13.5. The second-order valence-electron chi connectivity index (χ2n) is 7.87. The molecule has 6 rings (SSSR count). The molecular weight excluding hydrogens is 688 g/mol. The van der Waals surface area contributed by atoms with Crippen molar-refractivity contribution in [1.29, 1.82) is 0 Å². The number of aromatic amines is 2. The van der Waals surface area contributed by atoms with E-state index in [2.05, 4.69) is 104 Å². The van der Waals surface area contributed by atoms with Gasteiger partial charge in [-0.05, 0) is 114 Å². The van der Waals surface area contributed by atoms with Crippen LogP contribution in [-0.4, -0.2) is 19.9 Å². The number of rotatable bonds is 1. The Hall–Kier alpha value is -2.26. The van der Waals surface area contributed by atoms with Gasteiger partial charge in [0, 0.05) is 21.1 Å². The highest BCUT2D eigenvalue weighted by atomic mass is 79.9. The number of fused-ring (bicyclic) bond motifs is 8. The summed E-state index contributed by atoms with van der Waals surface area (Å²) in [7, 11) is 0. The zero-order valence-corrected chi connectivity index (χ0v) is 23.7. The molecule has 0 amide bonds. The van der Waals surface area contributed by atoms with Crippen molar-refractivity contribution in [2.75, 3.05) is 0 Å². The Balaban J connectivity index is 1.76. The molecule has 4 nitrogen and oxygen atoms in total. The van der Waals surface area contributed by atoms with Crippen molar-refractivity contribution < 1.29 is 0 Å². The van der Waals surface area contributed by atoms with E-state index < -0.39 is 0 Å². The monoisotopic (exact) mass is 698 g/mol. The number of hydrogen-bond acceptors (Lipinski definition) is 2. The lowest BCUT2D eigenvalue weighted by molar-refractivity contribution is 1.24. The Kier molecular flexibility index (Phi) is 5.72. The Bertz CT molecular complexity index is 1710. The normalized spacial score (nSPS) is 12.5. The number of benzene rings is 1. The van der Waals surface area contributed by atoms with Gasteiger partial charge in [0.1, 0.15) is 0 Å². The quantitative estimate of drug-likeness (QED) is 0.180. The van der Waals surface area contributed by atoms with Gasteiger partial charge in [0.05, 0.1) is 47.2 Å². The maximum Gasteiger partial charge on any atom is 0.0802 e. The van der Waals surface area contributed by atoms with Crippen LogP contribution in [0.5, 0.6) is 0 Å². The molecule has 0 atom stereocenters. The SMILES string of the molecule is Brc1cccc(-c2cc3cc4ccc([nH]4)c(Br)c4nc(c(Br)c5nc(c(Br)c2[nH]3)C=C5)C=C4)c1. The summed E-state index contributed by atoms with van der Waals surface area (Å²) in [5, 5.41) is 0. The molecule has 0 unspecified atom stereocenters. The molecule has 34 heavy (non-hydrogen) atoms. The largest absolute Gasteiger partial charge is 0.354 e. The van der Waals surface area contributed by atoms with E-state index in [0.29, 0.717) is 0 Å². The summed E-state index contributed by atoms with van der Waals surface area (Å²) in [5.41, 5.74) is 9.41. The molecule has 2 aliphatic rings. The molecule has 3 aromatic heterocycles. The van der Waals surface area contributed by atoms with E-state index in [1.54, 1.807) is 0 Å². The zero-order chi connectivity index (χ0) is 23.4. The van der Waals surface area contributed by atoms with Crippen molar-refractivity contribution in [2.24, 2.45) is 0 Å². The Morgan fingerprint density at radius 3 is 1.97 bits per heavy atom. The first-order chi connectivity index (χ1) is 16.5. The van der Waals surface area contributed by atoms with Crippen molar-refractivity contribution >= 4 is 110 Å². The maximum absolute atomic E-state index is 4.88. The van der Waals surface area contributed by atoms with Crippen LogP contribution < -0.4 is 0 Å². The van der Waals surface area contributed by atoms with Crippen molar-refractivity contribution in [1.82, 2.24) is 19.9 Å². The van der Waals surface area contributed by atoms with Crippen molar-refractivity contribution in [3.63, 3.8) is 0 Å². The molecule has 8 bridgehead atoms. The minimum Gasteiger partial charge on any atom is -0.354 e. The summed E-state index contributed by atoms with van der Waals surface area (Å²) in [6, 6.07) is 16.7. The molecule has 2 N–H and O–H groups in total. The van der Waals surface area contributed by atoms with E-state index in [4.69, 9.17) is 9.97 Å². The number of hydrogen-bond donors (Lipinski definition) is 2. The molecule has 0 saturated carbocycles. The summed E-state index contributed by atoms with van der Waals surface area (Å²) >= 11 is 14.9. The van der Waals surface area contributed by atoms with E-state index >= 15 is 0 Å². The molecule has 0 saturated heterocycles. The molecule has 2 aliphatic heterocycles. The van der Waals surface area contributed by atoms with Gasteiger partial charge in [-0.15, -0.1) is 0 Å². The predicted octanol–water partition coefficient (Wildman–Crippen LogP) is 9.37. The predicted molar refractivity (Wildman–Crippen MR) is 155 cm³/mol. The lowest BCUT2D eigenvalue weighted by Crippen LogP contribution is -1.84.